The molecule has 2 fully saturated rings. The Labute approximate surface area is 125 Å². The highest BCUT2D eigenvalue weighted by molar-refractivity contribution is 5.83. The normalized spacial score (nSPS) is 33.0. The first-order valence-electron chi connectivity index (χ1n) is 7.82. The Hall–Kier alpha value is -1.55. The fourth-order valence-electron chi connectivity index (χ4n) is 4.06. The Morgan fingerprint density at radius 1 is 1.29 bits per heavy atom. The van der Waals surface area contributed by atoms with E-state index in [1.807, 2.05) is 18.2 Å². The fourth-order valence-corrected chi connectivity index (χ4v) is 4.06. The topological polar surface area (TPSA) is 50.4 Å². The molecule has 0 radical (unpaired) electrons. The van der Waals surface area contributed by atoms with Gasteiger partial charge in [-0.05, 0) is 44.8 Å². The van der Waals surface area contributed by atoms with Gasteiger partial charge < -0.3 is 15.4 Å². The van der Waals surface area contributed by atoms with Gasteiger partial charge in [0.15, 0.2) is 0 Å². The minimum Gasteiger partial charge on any atom is -0.493 e. The summed E-state index contributed by atoms with van der Waals surface area (Å²) in [5.41, 5.74) is 0.925. The van der Waals surface area contributed by atoms with Crippen molar-refractivity contribution in [2.45, 2.75) is 25.3 Å². The Balaban J connectivity index is 1.48. The van der Waals surface area contributed by atoms with Crippen molar-refractivity contribution in [1.29, 1.82) is 0 Å². The van der Waals surface area contributed by atoms with E-state index >= 15 is 0 Å². The number of amides is 1. The van der Waals surface area contributed by atoms with E-state index in [2.05, 4.69) is 30.5 Å². The van der Waals surface area contributed by atoms with Crippen LogP contribution in [0.5, 0.6) is 5.75 Å². The van der Waals surface area contributed by atoms with Gasteiger partial charge in [-0.2, -0.15) is 0 Å². The number of nitrogens with one attached hydrogen (secondary N) is 2. The summed E-state index contributed by atoms with van der Waals surface area (Å²) < 4.78 is 5.77. The molecule has 0 spiro atoms. The Bertz CT molecular complexity index is 574. The summed E-state index contributed by atoms with van der Waals surface area (Å²) in [7, 11) is 0. The van der Waals surface area contributed by atoms with E-state index in [0.29, 0.717) is 18.4 Å². The van der Waals surface area contributed by atoms with Crippen LogP contribution in [0.25, 0.3) is 0 Å². The largest absolute Gasteiger partial charge is 0.493 e. The Kier molecular flexibility index (Phi) is 2.80. The smallest absolute Gasteiger partial charge is 0.224 e. The lowest BCUT2D eigenvalue weighted by Gasteiger charge is -2.32. The Morgan fingerprint density at radius 2 is 2.00 bits per heavy atom. The molecule has 1 aromatic rings. The molecule has 1 saturated heterocycles. The molecule has 0 bridgehead atoms. The molecule has 0 aromatic heterocycles. The zero-order valence-corrected chi connectivity index (χ0v) is 12.6. The third-order valence-electron chi connectivity index (χ3n) is 5.41. The molecule has 1 aliphatic carbocycles. The molecule has 4 atom stereocenters. The number of piperidine rings is 1. The van der Waals surface area contributed by atoms with Crippen LogP contribution in [0, 0.1) is 17.8 Å². The lowest BCUT2D eigenvalue weighted by molar-refractivity contribution is -0.124. The minimum absolute atomic E-state index is 0.217. The fraction of sp³-hybridized carbons (Fsp3) is 0.588. The molecule has 1 saturated carbocycles. The third kappa shape index (κ3) is 2.04. The maximum Gasteiger partial charge on any atom is 0.224 e. The van der Waals surface area contributed by atoms with Gasteiger partial charge in [0.25, 0.3) is 0 Å². The first-order chi connectivity index (χ1) is 10.1. The summed E-state index contributed by atoms with van der Waals surface area (Å²) in [6.07, 6.45) is 0. The predicted octanol–water partition coefficient (Wildman–Crippen LogP) is 1.52. The molecule has 2 heterocycles. The van der Waals surface area contributed by atoms with Crippen LogP contribution in [0.4, 0.5) is 0 Å². The summed E-state index contributed by atoms with van der Waals surface area (Å²) in [5, 5.41) is 6.62. The Morgan fingerprint density at radius 3 is 2.76 bits per heavy atom. The van der Waals surface area contributed by atoms with Crippen molar-refractivity contribution in [2.24, 2.45) is 17.8 Å². The summed E-state index contributed by atoms with van der Waals surface area (Å²) in [5.74, 6) is 2.75. The van der Waals surface area contributed by atoms with Crippen molar-refractivity contribution in [3.05, 3.63) is 29.8 Å². The van der Waals surface area contributed by atoms with Crippen LogP contribution in [0.3, 0.4) is 0 Å². The number of fused-ring (bicyclic) bond motifs is 2. The number of ether oxygens (including phenoxy) is 1. The van der Waals surface area contributed by atoms with Gasteiger partial charge in [-0.1, -0.05) is 18.2 Å². The SMILES string of the molecule is CC(C)(NC(=O)[C@H]1[C@@H]2CNC[C@@H]21)C1COc2ccccc21. The molecule has 2 aliphatic heterocycles. The van der Waals surface area contributed by atoms with E-state index in [1.54, 1.807) is 0 Å². The molecule has 4 rings (SSSR count). The van der Waals surface area contributed by atoms with Crippen LogP contribution >= 0.6 is 0 Å². The number of para-hydroxylation sites is 1. The van der Waals surface area contributed by atoms with E-state index in [1.165, 1.54) is 5.56 Å². The molecule has 3 aliphatic rings. The quantitative estimate of drug-likeness (QED) is 0.886. The van der Waals surface area contributed by atoms with Crippen molar-refractivity contribution >= 4 is 5.91 Å². The van der Waals surface area contributed by atoms with Gasteiger partial charge in [0, 0.05) is 22.9 Å². The molecular formula is C17H22N2O2. The van der Waals surface area contributed by atoms with Gasteiger partial charge in [-0.25, -0.2) is 0 Å². The molecule has 1 amide bonds. The van der Waals surface area contributed by atoms with Crippen molar-refractivity contribution < 1.29 is 9.53 Å². The van der Waals surface area contributed by atoms with Crippen LogP contribution in [0.1, 0.15) is 25.3 Å². The molecule has 2 N–H and O–H groups in total. The van der Waals surface area contributed by atoms with Crippen molar-refractivity contribution in [1.82, 2.24) is 10.6 Å². The molecule has 112 valence electrons. The van der Waals surface area contributed by atoms with E-state index < -0.39 is 0 Å². The van der Waals surface area contributed by atoms with E-state index in [9.17, 15) is 4.79 Å². The number of benzene rings is 1. The first kappa shape index (κ1) is 13.1. The maximum atomic E-state index is 12.5. The molecular weight excluding hydrogens is 264 g/mol. The second-order valence-corrected chi connectivity index (χ2v) is 7.12. The lowest BCUT2D eigenvalue weighted by Crippen LogP contribution is -2.49. The predicted molar refractivity (Wildman–Crippen MR) is 80.2 cm³/mol. The zero-order valence-electron chi connectivity index (χ0n) is 12.6. The minimum atomic E-state index is -0.284. The molecule has 4 heteroatoms. The van der Waals surface area contributed by atoms with Crippen LogP contribution in [-0.4, -0.2) is 31.1 Å². The van der Waals surface area contributed by atoms with Gasteiger partial charge in [0.2, 0.25) is 5.91 Å². The lowest BCUT2D eigenvalue weighted by atomic mass is 9.83. The number of carbonyl (C=O) groups excluding carboxylic acids is 1. The second-order valence-electron chi connectivity index (χ2n) is 7.12. The van der Waals surface area contributed by atoms with Crippen LogP contribution in [-0.2, 0) is 4.79 Å². The van der Waals surface area contributed by atoms with Gasteiger partial charge in [0.05, 0.1) is 6.61 Å². The number of carbonyl (C=O) groups is 1. The summed E-state index contributed by atoms with van der Waals surface area (Å²) in [6.45, 7) is 6.86. The standard InChI is InChI=1S/C17H22N2O2/c1-17(2,13-9-21-14-6-4-3-5-10(13)14)19-16(20)15-11-7-18-8-12(11)15/h3-6,11-13,15,18H,7-9H2,1-2H3,(H,19,20)/t11-,12+,13?,15+. The number of hydrogen-bond donors (Lipinski definition) is 2. The highest BCUT2D eigenvalue weighted by atomic mass is 16.5. The average Bonchev–Trinajstić information content (AvgIpc) is 2.82. The van der Waals surface area contributed by atoms with Crippen molar-refractivity contribution in [3.63, 3.8) is 0 Å². The van der Waals surface area contributed by atoms with Crippen molar-refractivity contribution in [3.8, 4) is 5.75 Å². The average molecular weight is 286 g/mol. The highest BCUT2D eigenvalue weighted by Crippen LogP contribution is 2.49. The molecule has 1 unspecified atom stereocenters. The monoisotopic (exact) mass is 286 g/mol. The maximum absolute atomic E-state index is 12.5. The molecule has 4 nitrogen and oxygen atoms in total. The number of hydrogen-bond acceptors (Lipinski definition) is 3. The second kappa shape index (κ2) is 4.47. The van der Waals surface area contributed by atoms with E-state index in [0.717, 1.165) is 18.8 Å². The van der Waals surface area contributed by atoms with Gasteiger partial charge >= 0.3 is 0 Å². The molecule has 1 aromatic carbocycles. The van der Waals surface area contributed by atoms with Crippen LogP contribution < -0.4 is 15.4 Å². The van der Waals surface area contributed by atoms with Crippen LogP contribution in [0.15, 0.2) is 24.3 Å². The van der Waals surface area contributed by atoms with Crippen molar-refractivity contribution in [2.75, 3.05) is 19.7 Å². The van der Waals surface area contributed by atoms with Crippen LogP contribution in [0.2, 0.25) is 0 Å². The molecule has 21 heavy (non-hydrogen) atoms. The zero-order chi connectivity index (χ0) is 14.6. The van der Waals surface area contributed by atoms with E-state index in [4.69, 9.17) is 4.74 Å². The van der Waals surface area contributed by atoms with Gasteiger partial charge in [-0.15, -0.1) is 0 Å². The third-order valence-corrected chi connectivity index (χ3v) is 5.41. The summed E-state index contributed by atoms with van der Waals surface area (Å²) >= 11 is 0. The first-order valence-corrected chi connectivity index (χ1v) is 7.82. The van der Waals surface area contributed by atoms with E-state index in [-0.39, 0.29) is 23.3 Å². The number of rotatable bonds is 3. The summed E-state index contributed by atoms with van der Waals surface area (Å²) in [4.78, 5) is 12.5. The highest BCUT2D eigenvalue weighted by Gasteiger charge is 2.57. The van der Waals surface area contributed by atoms with Gasteiger partial charge in [0.1, 0.15) is 5.75 Å². The van der Waals surface area contributed by atoms with Gasteiger partial charge in [-0.3, -0.25) is 4.79 Å². The summed E-state index contributed by atoms with van der Waals surface area (Å²) in [6, 6.07) is 8.14.